The first-order valence-corrected chi connectivity index (χ1v) is 4.81. The molecule has 88 valence electrons. The van der Waals surface area contributed by atoms with Gasteiger partial charge in [-0.05, 0) is 19.9 Å². The molecule has 1 aromatic rings. The zero-order valence-corrected chi connectivity index (χ0v) is 9.02. The average Bonchev–Trinajstić information content (AvgIpc) is 2.62. The smallest absolute Gasteiger partial charge is 0.257 e. The number of carbonyl (C=O) groups is 1. The third kappa shape index (κ3) is 3.45. The maximum absolute atomic E-state index is 11.8. The molecule has 1 amide bonds. The fraction of sp³-hybridized carbons (Fsp3) is 0.400. The monoisotopic (exact) mass is 229 g/mol. The van der Waals surface area contributed by atoms with Gasteiger partial charge in [0.05, 0.1) is 6.20 Å². The van der Waals surface area contributed by atoms with E-state index < -0.39 is 12.3 Å². The van der Waals surface area contributed by atoms with Crippen molar-refractivity contribution in [1.82, 2.24) is 9.78 Å². The number of aromatic nitrogens is 2. The van der Waals surface area contributed by atoms with E-state index in [0.29, 0.717) is 11.9 Å². The van der Waals surface area contributed by atoms with Crippen molar-refractivity contribution in [3.63, 3.8) is 0 Å². The van der Waals surface area contributed by atoms with Crippen molar-refractivity contribution in [2.45, 2.75) is 26.3 Å². The Labute approximate surface area is 91.9 Å². The van der Waals surface area contributed by atoms with Crippen LogP contribution in [0.5, 0.6) is 0 Å². The molecule has 0 aromatic carbocycles. The topological polar surface area (TPSA) is 46.9 Å². The minimum absolute atomic E-state index is 0.0874. The predicted molar refractivity (Wildman–Crippen MR) is 56.4 cm³/mol. The summed E-state index contributed by atoms with van der Waals surface area (Å²) in [4.78, 5) is 11.2. The molecule has 0 atom stereocenters. The summed E-state index contributed by atoms with van der Waals surface area (Å²) >= 11 is 0. The summed E-state index contributed by atoms with van der Waals surface area (Å²) in [6.45, 7) is 3.80. The molecular weight excluding hydrogens is 216 g/mol. The lowest BCUT2D eigenvalue weighted by molar-refractivity contribution is -0.112. The quantitative estimate of drug-likeness (QED) is 0.805. The molecule has 1 rings (SSSR count). The summed E-state index contributed by atoms with van der Waals surface area (Å²) in [5, 5.41) is 6.46. The minimum Gasteiger partial charge on any atom is -0.307 e. The van der Waals surface area contributed by atoms with Gasteiger partial charge in [0.2, 0.25) is 5.91 Å². The van der Waals surface area contributed by atoms with E-state index in [4.69, 9.17) is 0 Å². The second kappa shape index (κ2) is 5.39. The van der Waals surface area contributed by atoms with E-state index in [1.807, 2.05) is 13.8 Å². The van der Waals surface area contributed by atoms with Crippen LogP contribution in [0, 0.1) is 0 Å². The Morgan fingerprint density at radius 1 is 1.56 bits per heavy atom. The van der Waals surface area contributed by atoms with Gasteiger partial charge in [-0.25, -0.2) is 13.5 Å². The van der Waals surface area contributed by atoms with Crippen molar-refractivity contribution in [2.75, 3.05) is 5.32 Å². The van der Waals surface area contributed by atoms with Gasteiger partial charge >= 0.3 is 0 Å². The molecule has 0 aliphatic heterocycles. The number of nitrogens with one attached hydrogen (secondary N) is 1. The standard InChI is InChI=1S/C10H13F2N3O/c1-7(2)15-9(5-6-13-15)14-10(16)4-3-8(11)12/h3-8H,1-2H3,(H,14,16)/b4-3+. The minimum atomic E-state index is -2.62. The number of hydrogen-bond donors (Lipinski definition) is 1. The van der Waals surface area contributed by atoms with Gasteiger partial charge in [0, 0.05) is 18.2 Å². The molecule has 1 N–H and O–H groups in total. The van der Waals surface area contributed by atoms with Gasteiger partial charge in [0.25, 0.3) is 6.43 Å². The SMILES string of the molecule is CC(C)n1nccc1NC(=O)/C=C/C(F)F. The molecule has 6 heteroatoms. The molecule has 16 heavy (non-hydrogen) atoms. The Bertz CT molecular complexity index is 385. The van der Waals surface area contributed by atoms with Crippen LogP contribution in [0.15, 0.2) is 24.4 Å². The van der Waals surface area contributed by atoms with Crippen LogP contribution in [0.3, 0.4) is 0 Å². The van der Waals surface area contributed by atoms with Crippen molar-refractivity contribution in [2.24, 2.45) is 0 Å². The molecule has 0 unspecified atom stereocenters. The van der Waals surface area contributed by atoms with Gasteiger partial charge in [-0.15, -0.1) is 0 Å². The van der Waals surface area contributed by atoms with Crippen molar-refractivity contribution in [3.05, 3.63) is 24.4 Å². The Balaban J connectivity index is 2.66. The van der Waals surface area contributed by atoms with Crippen molar-refractivity contribution in [3.8, 4) is 0 Å². The number of hydrogen-bond acceptors (Lipinski definition) is 2. The highest BCUT2D eigenvalue weighted by molar-refractivity contribution is 5.98. The number of anilines is 1. The average molecular weight is 229 g/mol. The van der Waals surface area contributed by atoms with E-state index >= 15 is 0 Å². The largest absolute Gasteiger partial charge is 0.307 e. The molecule has 0 saturated carbocycles. The zero-order chi connectivity index (χ0) is 12.1. The van der Waals surface area contributed by atoms with Crippen LogP contribution < -0.4 is 5.32 Å². The van der Waals surface area contributed by atoms with Gasteiger partial charge < -0.3 is 5.32 Å². The van der Waals surface area contributed by atoms with E-state index in [-0.39, 0.29) is 6.04 Å². The number of alkyl halides is 2. The fourth-order valence-corrected chi connectivity index (χ4v) is 1.15. The van der Waals surface area contributed by atoms with Gasteiger partial charge in [0.1, 0.15) is 5.82 Å². The Morgan fingerprint density at radius 3 is 2.81 bits per heavy atom. The normalized spacial score (nSPS) is 11.6. The molecule has 0 spiro atoms. The molecule has 1 heterocycles. The Morgan fingerprint density at radius 2 is 2.25 bits per heavy atom. The summed E-state index contributed by atoms with van der Waals surface area (Å²) in [7, 11) is 0. The van der Waals surface area contributed by atoms with Crippen molar-refractivity contribution in [1.29, 1.82) is 0 Å². The van der Waals surface area contributed by atoms with Gasteiger partial charge in [-0.2, -0.15) is 5.10 Å². The van der Waals surface area contributed by atoms with Crippen LogP contribution in [-0.4, -0.2) is 22.1 Å². The summed E-state index contributed by atoms with van der Waals surface area (Å²) in [6, 6.07) is 1.69. The first kappa shape index (κ1) is 12.4. The maximum atomic E-state index is 11.8. The van der Waals surface area contributed by atoms with E-state index in [2.05, 4.69) is 10.4 Å². The summed E-state index contributed by atoms with van der Waals surface area (Å²) < 4.78 is 25.2. The highest BCUT2D eigenvalue weighted by atomic mass is 19.3. The first-order valence-electron chi connectivity index (χ1n) is 4.81. The van der Waals surface area contributed by atoms with Crippen LogP contribution >= 0.6 is 0 Å². The number of amides is 1. The van der Waals surface area contributed by atoms with Crippen molar-refractivity contribution < 1.29 is 13.6 Å². The molecule has 0 saturated heterocycles. The lowest BCUT2D eigenvalue weighted by atomic mass is 10.4. The fourth-order valence-electron chi connectivity index (χ4n) is 1.15. The predicted octanol–water partition coefficient (Wildman–Crippen LogP) is 2.22. The van der Waals surface area contributed by atoms with E-state index in [1.165, 1.54) is 6.20 Å². The number of halogens is 2. The molecular formula is C10H13F2N3O. The number of nitrogens with zero attached hydrogens (tertiary/aromatic N) is 2. The van der Waals surface area contributed by atoms with Crippen LogP contribution in [0.25, 0.3) is 0 Å². The van der Waals surface area contributed by atoms with Gasteiger partial charge in [0.15, 0.2) is 0 Å². The first-order chi connectivity index (χ1) is 7.50. The molecule has 4 nitrogen and oxygen atoms in total. The second-order valence-corrected chi connectivity index (χ2v) is 3.44. The lowest BCUT2D eigenvalue weighted by Crippen LogP contribution is -2.14. The Hall–Kier alpha value is -1.72. The highest BCUT2D eigenvalue weighted by Gasteiger charge is 2.07. The van der Waals surface area contributed by atoms with E-state index in [0.717, 1.165) is 6.08 Å². The van der Waals surface area contributed by atoms with Crippen LogP contribution in [-0.2, 0) is 4.79 Å². The molecule has 0 aliphatic rings. The third-order valence-corrected chi connectivity index (χ3v) is 1.80. The molecule has 0 radical (unpaired) electrons. The highest BCUT2D eigenvalue weighted by Crippen LogP contribution is 2.12. The number of carbonyl (C=O) groups excluding carboxylic acids is 1. The molecule has 1 aromatic heterocycles. The summed E-state index contributed by atoms with van der Waals surface area (Å²) in [5.74, 6) is -0.110. The van der Waals surface area contributed by atoms with Crippen LogP contribution in [0.1, 0.15) is 19.9 Å². The summed E-state index contributed by atoms with van der Waals surface area (Å²) in [5.41, 5.74) is 0. The van der Waals surface area contributed by atoms with Crippen LogP contribution in [0.4, 0.5) is 14.6 Å². The third-order valence-electron chi connectivity index (χ3n) is 1.80. The molecule has 0 bridgehead atoms. The number of allylic oxidation sites excluding steroid dienone is 1. The van der Waals surface area contributed by atoms with Crippen LogP contribution in [0.2, 0.25) is 0 Å². The zero-order valence-electron chi connectivity index (χ0n) is 9.02. The van der Waals surface area contributed by atoms with E-state index in [1.54, 1.807) is 10.7 Å². The maximum Gasteiger partial charge on any atom is 0.257 e. The van der Waals surface area contributed by atoms with E-state index in [9.17, 15) is 13.6 Å². The second-order valence-electron chi connectivity index (χ2n) is 3.44. The molecule has 0 fully saturated rings. The lowest BCUT2D eigenvalue weighted by Gasteiger charge is -2.10. The van der Waals surface area contributed by atoms with Crippen molar-refractivity contribution >= 4 is 11.7 Å². The number of rotatable bonds is 4. The summed E-state index contributed by atoms with van der Waals surface area (Å²) in [6.07, 6.45) is 0.251. The Kier molecular flexibility index (Phi) is 4.16. The molecule has 0 aliphatic carbocycles. The van der Waals surface area contributed by atoms with Gasteiger partial charge in [-0.1, -0.05) is 0 Å². The van der Waals surface area contributed by atoms with Gasteiger partial charge in [-0.3, -0.25) is 4.79 Å².